The summed E-state index contributed by atoms with van der Waals surface area (Å²) in [6, 6.07) is 15.5. The molecule has 0 fully saturated rings. The topological polar surface area (TPSA) is 75.3 Å². The molecule has 132 valence electrons. The molecule has 1 amide bonds. The second kappa shape index (κ2) is 8.48. The molecule has 2 N–H and O–H groups in total. The Morgan fingerprint density at radius 2 is 1.68 bits per heavy atom. The van der Waals surface area contributed by atoms with Gasteiger partial charge in [-0.25, -0.2) is 8.42 Å². The highest BCUT2D eigenvalue weighted by molar-refractivity contribution is 7.95. The summed E-state index contributed by atoms with van der Waals surface area (Å²) in [6.07, 6.45) is 1.52. The van der Waals surface area contributed by atoms with Crippen molar-refractivity contribution in [1.82, 2.24) is 5.32 Å². The van der Waals surface area contributed by atoms with Crippen LogP contribution in [0.5, 0.6) is 0 Å². The van der Waals surface area contributed by atoms with E-state index in [2.05, 4.69) is 10.0 Å². The zero-order chi connectivity index (χ0) is 18.3. The molecule has 25 heavy (non-hydrogen) atoms. The third-order valence-corrected chi connectivity index (χ3v) is 4.33. The van der Waals surface area contributed by atoms with Gasteiger partial charge in [0.05, 0.1) is 5.41 Å². The van der Waals surface area contributed by atoms with E-state index in [4.69, 9.17) is 0 Å². The van der Waals surface area contributed by atoms with E-state index < -0.39 is 10.0 Å². The van der Waals surface area contributed by atoms with Crippen LogP contribution < -0.4 is 10.0 Å². The van der Waals surface area contributed by atoms with Crippen molar-refractivity contribution in [3.8, 4) is 0 Å². The maximum Gasteiger partial charge on any atom is 0.255 e. The van der Waals surface area contributed by atoms with E-state index in [0.717, 1.165) is 11.0 Å². The minimum Gasteiger partial charge on any atom is -0.352 e. The van der Waals surface area contributed by atoms with E-state index in [-0.39, 0.29) is 5.91 Å². The molecule has 0 spiro atoms. The smallest absolute Gasteiger partial charge is 0.255 e. The number of benzene rings is 2. The minimum absolute atomic E-state index is 0.174. The number of rotatable bonds is 7. The second-order valence-corrected chi connectivity index (χ2v) is 7.61. The van der Waals surface area contributed by atoms with Crippen molar-refractivity contribution < 1.29 is 13.2 Å². The molecule has 2 aromatic carbocycles. The van der Waals surface area contributed by atoms with Gasteiger partial charge in [0.2, 0.25) is 0 Å². The van der Waals surface area contributed by atoms with Crippen LogP contribution in [0.2, 0.25) is 0 Å². The molecule has 0 radical (unpaired) electrons. The molecule has 0 heterocycles. The lowest BCUT2D eigenvalue weighted by molar-refractivity contribution is 0.0949. The van der Waals surface area contributed by atoms with E-state index >= 15 is 0 Å². The van der Waals surface area contributed by atoms with Gasteiger partial charge in [0.15, 0.2) is 0 Å². The zero-order valence-electron chi connectivity index (χ0n) is 14.3. The Balaban J connectivity index is 2.00. The van der Waals surface area contributed by atoms with E-state index in [1.54, 1.807) is 24.3 Å². The number of amides is 1. The van der Waals surface area contributed by atoms with Crippen LogP contribution >= 0.6 is 0 Å². The van der Waals surface area contributed by atoms with Gasteiger partial charge in [-0.3, -0.25) is 9.52 Å². The third kappa shape index (κ3) is 6.43. The maximum absolute atomic E-state index is 12.1. The van der Waals surface area contributed by atoms with Crippen LogP contribution in [0.3, 0.4) is 0 Å². The van der Waals surface area contributed by atoms with Crippen LogP contribution in [0, 0.1) is 5.92 Å². The molecule has 6 heteroatoms. The summed E-state index contributed by atoms with van der Waals surface area (Å²) < 4.78 is 26.6. The maximum atomic E-state index is 12.1. The van der Waals surface area contributed by atoms with Crippen molar-refractivity contribution in [2.24, 2.45) is 5.92 Å². The molecule has 5 nitrogen and oxygen atoms in total. The van der Waals surface area contributed by atoms with Gasteiger partial charge in [0.25, 0.3) is 15.9 Å². The van der Waals surface area contributed by atoms with Crippen molar-refractivity contribution in [3.05, 3.63) is 71.1 Å². The fraction of sp³-hybridized carbons (Fsp3) is 0.211. The first-order valence-electron chi connectivity index (χ1n) is 8.00. The molecule has 0 aromatic heterocycles. The Morgan fingerprint density at radius 1 is 1.04 bits per heavy atom. The van der Waals surface area contributed by atoms with Gasteiger partial charge in [-0.1, -0.05) is 44.2 Å². The molecule has 0 saturated carbocycles. The SMILES string of the molecule is CC(C)CNC(=O)c1ccc(NS(=O)(=O)C=Cc2ccccc2)cc1. The Bertz CT molecular complexity index is 827. The van der Waals surface area contributed by atoms with Crippen LogP contribution in [0.25, 0.3) is 6.08 Å². The largest absolute Gasteiger partial charge is 0.352 e. The molecule has 0 saturated heterocycles. The van der Waals surface area contributed by atoms with Crippen molar-refractivity contribution in [2.45, 2.75) is 13.8 Å². The fourth-order valence-corrected chi connectivity index (χ4v) is 2.89. The molecule has 0 atom stereocenters. The van der Waals surface area contributed by atoms with Gasteiger partial charge in [0, 0.05) is 17.8 Å². The summed E-state index contributed by atoms with van der Waals surface area (Å²) in [4.78, 5) is 11.9. The van der Waals surface area contributed by atoms with Crippen molar-refractivity contribution in [2.75, 3.05) is 11.3 Å². The van der Waals surface area contributed by atoms with Gasteiger partial charge >= 0.3 is 0 Å². The van der Waals surface area contributed by atoms with Crippen LogP contribution in [0.15, 0.2) is 60.0 Å². The van der Waals surface area contributed by atoms with Gasteiger partial charge in [-0.2, -0.15) is 0 Å². The van der Waals surface area contributed by atoms with Crippen LogP contribution in [-0.2, 0) is 10.0 Å². The number of anilines is 1. The fourth-order valence-electron chi connectivity index (χ4n) is 2.02. The zero-order valence-corrected chi connectivity index (χ0v) is 15.1. The molecule has 0 bridgehead atoms. The average molecular weight is 358 g/mol. The van der Waals surface area contributed by atoms with Gasteiger partial charge in [-0.05, 0) is 41.8 Å². The molecule has 0 unspecified atom stereocenters. The molecule has 2 rings (SSSR count). The first kappa shape index (κ1) is 18.7. The Hall–Kier alpha value is -2.60. The van der Waals surface area contributed by atoms with Gasteiger partial charge in [-0.15, -0.1) is 0 Å². The van der Waals surface area contributed by atoms with E-state index in [1.807, 2.05) is 44.2 Å². The first-order chi connectivity index (χ1) is 11.9. The first-order valence-corrected chi connectivity index (χ1v) is 9.54. The highest BCUT2D eigenvalue weighted by Crippen LogP contribution is 2.13. The number of hydrogen-bond acceptors (Lipinski definition) is 3. The molecular formula is C19H22N2O3S. The number of hydrogen-bond donors (Lipinski definition) is 2. The second-order valence-electron chi connectivity index (χ2n) is 6.04. The number of nitrogens with one attached hydrogen (secondary N) is 2. The quantitative estimate of drug-likeness (QED) is 0.795. The average Bonchev–Trinajstić information content (AvgIpc) is 2.59. The normalized spacial score (nSPS) is 11.6. The lowest BCUT2D eigenvalue weighted by Crippen LogP contribution is -2.27. The lowest BCUT2D eigenvalue weighted by Gasteiger charge is -2.09. The predicted molar refractivity (Wildman–Crippen MR) is 102 cm³/mol. The summed E-state index contributed by atoms with van der Waals surface area (Å²) in [5.41, 5.74) is 1.69. The molecule has 0 aliphatic carbocycles. The minimum atomic E-state index is -3.62. The predicted octanol–water partition coefficient (Wildman–Crippen LogP) is 3.49. The van der Waals surface area contributed by atoms with Gasteiger partial charge < -0.3 is 5.32 Å². The highest BCUT2D eigenvalue weighted by Gasteiger charge is 2.08. The van der Waals surface area contributed by atoms with E-state index in [0.29, 0.717) is 23.7 Å². The Morgan fingerprint density at radius 3 is 2.28 bits per heavy atom. The standard InChI is InChI=1S/C19H22N2O3S/c1-15(2)14-20-19(22)17-8-10-18(11-9-17)21-25(23,24)13-12-16-6-4-3-5-7-16/h3-13,15,21H,14H2,1-2H3,(H,20,22). The van der Waals surface area contributed by atoms with E-state index in [9.17, 15) is 13.2 Å². The van der Waals surface area contributed by atoms with Gasteiger partial charge in [0.1, 0.15) is 0 Å². The number of carbonyl (C=O) groups excluding carboxylic acids is 1. The van der Waals surface area contributed by atoms with Crippen LogP contribution in [-0.4, -0.2) is 20.9 Å². The summed E-state index contributed by atoms with van der Waals surface area (Å²) in [7, 11) is -3.62. The Labute approximate surface area is 148 Å². The van der Waals surface area contributed by atoms with Crippen molar-refractivity contribution in [3.63, 3.8) is 0 Å². The summed E-state index contributed by atoms with van der Waals surface area (Å²) in [6.45, 7) is 4.62. The number of carbonyl (C=O) groups is 1. The van der Waals surface area contributed by atoms with E-state index in [1.165, 1.54) is 6.08 Å². The van der Waals surface area contributed by atoms with Crippen molar-refractivity contribution in [1.29, 1.82) is 0 Å². The molecule has 0 aliphatic rings. The Kier molecular flexibility index (Phi) is 6.36. The lowest BCUT2D eigenvalue weighted by atomic mass is 10.2. The summed E-state index contributed by atoms with van der Waals surface area (Å²) >= 11 is 0. The van der Waals surface area contributed by atoms with Crippen LogP contribution in [0.1, 0.15) is 29.8 Å². The molecule has 2 aromatic rings. The van der Waals surface area contributed by atoms with Crippen molar-refractivity contribution >= 4 is 27.7 Å². The third-order valence-electron chi connectivity index (χ3n) is 3.32. The summed E-state index contributed by atoms with van der Waals surface area (Å²) in [5, 5.41) is 3.93. The highest BCUT2D eigenvalue weighted by atomic mass is 32.2. The monoisotopic (exact) mass is 358 g/mol. The summed E-state index contributed by atoms with van der Waals surface area (Å²) in [5.74, 6) is 0.193. The molecular weight excluding hydrogens is 336 g/mol. The molecule has 0 aliphatic heterocycles. The number of sulfonamides is 1. The van der Waals surface area contributed by atoms with Crippen LogP contribution in [0.4, 0.5) is 5.69 Å².